The van der Waals surface area contributed by atoms with Crippen molar-refractivity contribution in [3.63, 3.8) is 0 Å². The van der Waals surface area contributed by atoms with E-state index in [0.717, 1.165) is 11.4 Å². The van der Waals surface area contributed by atoms with Crippen LogP contribution in [0.2, 0.25) is 0 Å². The zero-order valence-electron chi connectivity index (χ0n) is 14.7. The Bertz CT molecular complexity index is 967. The molecule has 2 heterocycles. The minimum absolute atomic E-state index is 0.231. The summed E-state index contributed by atoms with van der Waals surface area (Å²) in [6, 6.07) is 9.17. The summed E-state index contributed by atoms with van der Waals surface area (Å²) in [5, 5.41) is 5.17. The highest BCUT2D eigenvalue weighted by atomic mass is 32.2. The number of rotatable bonds is 7. The molecule has 0 aliphatic heterocycles. The Hall–Kier alpha value is -2.78. The van der Waals surface area contributed by atoms with E-state index in [4.69, 9.17) is 10.5 Å². The first kappa shape index (κ1) is 19.0. The van der Waals surface area contributed by atoms with Crippen molar-refractivity contribution in [3.8, 4) is 11.4 Å². The zero-order chi connectivity index (χ0) is 19.4. The minimum Gasteiger partial charge on any atom is -0.497 e. The summed E-state index contributed by atoms with van der Waals surface area (Å²) in [7, 11) is 1.61. The maximum absolute atomic E-state index is 12.5. The van der Waals surface area contributed by atoms with Gasteiger partial charge in [-0.2, -0.15) is 0 Å². The second kappa shape index (κ2) is 8.28. The molecular formula is C18H18N4O3S2. The SMILES string of the molecule is COc1cccc(-n2ccnc2S[C@H](C)C(=O)Nc2sccc2C(N)=O)c1. The number of benzene rings is 1. The molecule has 0 aliphatic carbocycles. The molecule has 0 spiro atoms. The van der Waals surface area contributed by atoms with Gasteiger partial charge in [-0.3, -0.25) is 14.2 Å². The lowest BCUT2D eigenvalue weighted by Gasteiger charge is -2.13. The average Bonchev–Trinajstić information content (AvgIpc) is 3.31. The van der Waals surface area contributed by atoms with Gasteiger partial charge in [-0.05, 0) is 30.5 Å². The van der Waals surface area contributed by atoms with Crippen LogP contribution in [-0.2, 0) is 4.79 Å². The first-order valence-corrected chi connectivity index (χ1v) is 9.78. The van der Waals surface area contributed by atoms with Gasteiger partial charge in [0.1, 0.15) is 10.8 Å². The Morgan fingerprint density at radius 2 is 2.19 bits per heavy atom. The number of anilines is 1. The van der Waals surface area contributed by atoms with Crippen LogP contribution < -0.4 is 15.8 Å². The molecule has 9 heteroatoms. The number of hydrogen-bond acceptors (Lipinski definition) is 6. The molecule has 0 unspecified atom stereocenters. The Labute approximate surface area is 164 Å². The maximum atomic E-state index is 12.5. The number of nitrogens with zero attached hydrogens (tertiary/aromatic N) is 2. The molecule has 1 aromatic carbocycles. The maximum Gasteiger partial charge on any atom is 0.251 e. The fourth-order valence-corrected chi connectivity index (χ4v) is 4.04. The fraction of sp³-hybridized carbons (Fsp3) is 0.167. The molecule has 2 aromatic heterocycles. The summed E-state index contributed by atoms with van der Waals surface area (Å²) in [4.78, 5) is 28.3. The number of carbonyl (C=O) groups excluding carboxylic acids is 2. The van der Waals surface area contributed by atoms with Gasteiger partial charge in [0.15, 0.2) is 5.16 Å². The smallest absolute Gasteiger partial charge is 0.251 e. The van der Waals surface area contributed by atoms with Crippen molar-refractivity contribution in [3.05, 3.63) is 53.7 Å². The standard InChI is InChI=1S/C18H18N4O3S2/c1-11(16(24)21-17-14(15(19)23)6-9-26-17)27-18-20-7-8-22(18)12-4-3-5-13(10-12)25-2/h3-11H,1-2H3,(H2,19,23)(H,21,24)/t11-/m1/s1. The fourth-order valence-electron chi connectivity index (χ4n) is 2.36. The number of carbonyl (C=O) groups is 2. The van der Waals surface area contributed by atoms with Gasteiger partial charge < -0.3 is 15.8 Å². The van der Waals surface area contributed by atoms with E-state index < -0.39 is 11.2 Å². The number of imidazole rings is 1. The van der Waals surface area contributed by atoms with E-state index in [0.29, 0.717) is 15.7 Å². The van der Waals surface area contributed by atoms with Crippen LogP contribution in [0.25, 0.3) is 5.69 Å². The lowest BCUT2D eigenvalue weighted by molar-refractivity contribution is -0.115. The number of nitrogens with one attached hydrogen (secondary N) is 1. The summed E-state index contributed by atoms with van der Waals surface area (Å²) >= 11 is 2.58. The van der Waals surface area contributed by atoms with Gasteiger partial charge in [0.05, 0.1) is 23.6 Å². The quantitative estimate of drug-likeness (QED) is 0.592. The Kier molecular flexibility index (Phi) is 5.82. The van der Waals surface area contributed by atoms with Crippen LogP contribution >= 0.6 is 23.1 Å². The van der Waals surface area contributed by atoms with Crippen LogP contribution in [0.3, 0.4) is 0 Å². The highest BCUT2D eigenvalue weighted by Gasteiger charge is 2.20. The second-order valence-corrected chi connectivity index (χ2v) is 7.78. The predicted molar refractivity (Wildman–Crippen MR) is 107 cm³/mol. The third-order valence-corrected chi connectivity index (χ3v) is 5.67. The molecule has 27 heavy (non-hydrogen) atoms. The number of primary amides is 1. The average molecular weight is 403 g/mol. The largest absolute Gasteiger partial charge is 0.497 e. The highest BCUT2D eigenvalue weighted by Crippen LogP contribution is 2.28. The number of amides is 2. The second-order valence-electron chi connectivity index (χ2n) is 5.56. The third kappa shape index (κ3) is 4.32. The lowest BCUT2D eigenvalue weighted by Crippen LogP contribution is -2.24. The molecule has 0 aliphatic rings. The monoisotopic (exact) mass is 402 g/mol. The number of methoxy groups -OCH3 is 1. The summed E-state index contributed by atoms with van der Waals surface area (Å²) < 4.78 is 7.15. The van der Waals surface area contributed by atoms with Crippen LogP contribution in [0.15, 0.2) is 53.3 Å². The molecule has 1 atom stereocenters. The van der Waals surface area contributed by atoms with Gasteiger partial charge in [-0.1, -0.05) is 17.8 Å². The minimum atomic E-state index is -0.569. The first-order chi connectivity index (χ1) is 13.0. The van der Waals surface area contributed by atoms with Crippen molar-refractivity contribution in [1.29, 1.82) is 0 Å². The number of nitrogens with two attached hydrogens (primary N) is 1. The third-order valence-electron chi connectivity index (χ3n) is 3.76. The van der Waals surface area contributed by atoms with Crippen molar-refractivity contribution < 1.29 is 14.3 Å². The van der Waals surface area contributed by atoms with Gasteiger partial charge in [-0.15, -0.1) is 11.3 Å². The summed E-state index contributed by atoms with van der Waals surface area (Å²) in [5.74, 6) is -0.0646. The number of ether oxygens (including phenoxy) is 1. The molecule has 3 aromatic rings. The first-order valence-electron chi connectivity index (χ1n) is 8.02. The van der Waals surface area contributed by atoms with Crippen molar-refractivity contribution in [2.45, 2.75) is 17.3 Å². The normalized spacial score (nSPS) is 11.8. The van der Waals surface area contributed by atoms with E-state index in [1.54, 1.807) is 31.7 Å². The Morgan fingerprint density at radius 3 is 2.93 bits per heavy atom. The highest BCUT2D eigenvalue weighted by molar-refractivity contribution is 8.00. The van der Waals surface area contributed by atoms with Crippen LogP contribution in [0.5, 0.6) is 5.75 Å². The van der Waals surface area contributed by atoms with E-state index in [1.165, 1.54) is 23.1 Å². The van der Waals surface area contributed by atoms with Crippen LogP contribution in [0, 0.1) is 0 Å². The van der Waals surface area contributed by atoms with E-state index in [1.807, 2.05) is 35.0 Å². The molecule has 7 nitrogen and oxygen atoms in total. The summed E-state index contributed by atoms with van der Waals surface area (Å²) in [6.07, 6.45) is 3.50. The number of thiophene rings is 1. The van der Waals surface area contributed by atoms with Crippen LogP contribution in [-0.4, -0.2) is 33.7 Å². The molecule has 0 fully saturated rings. The zero-order valence-corrected chi connectivity index (χ0v) is 16.3. The molecule has 0 saturated heterocycles. The topological polar surface area (TPSA) is 99.2 Å². The molecule has 0 saturated carbocycles. The van der Waals surface area contributed by atoms with Gasteiger partial charge in [0, 0.05) is 18.5 Å². The molecule has 2 amide bonds. The van der Waals surface area contributed by atoms with Crippen molar-refractivity contribution >= 4 is 39.9 Å². The van der Waals surface area contributed by atoms with Gasteiger partial charge in [0.25, 0.3) is 5.91 Å². The van der Waals surface area contributed by atoms with Crippen LogP contribution in [0.1, 0.15) is 17.3 Å². The number of hydrogen-bond donors (Lipinski definition) is 2. The molecule has 140 valence electrons. The van der Waals surface area contributed by atoms with E-state index >= 15 is 0 Å². The van der Waals surface area contributed by atoms with Gasteiger partial charge >= 0.3 is 0 Å². The number of aromatic nitrogens is 2. The molecule has 3 rings (SSSR count). The van der Waals surface area contributed by atoms with Crippen molar-refractivity contribution in [2.24, 2.45) is 5.73 Å². The molecule has 0 bridgehead atoms. The summed E-state index contributed by atoms with van der Waals surface area (Å²) in [6.45, 7) is 1.78. The van der Waals surface area contributed by atoms with Crippen molar-refractivity contribution in [1.82, 2.24) is 9.55 Å². The molecule has 3 N–H and O–H groups in total. The number of thioether (sulfide) groups is 1. The van der Waals surface area contributed by atoms with Crippen LogP contribution in [0.4, 0.5) is 5.00 Å². The molecular weight excluding hydrogens is 384 g/mol. The Morgan fingerprint density at radius 1 is 1.37 bits per heavy atom. The lowest BCUT2D eigenvalue weighted by atomic mass is 10.3. The Balaban J connectivity index is 1.74. The van der Waals surface area contributed by atoms with E-state index in [2.05, 4.69) is 10.3 Å². The van der Waals surface area contributed by atoms with E-state index in [-0.39, 0.29) is 5.91 Å². The predicted octanol–water partition coefficient (Wildman–Crippen LogP) is 3.16. The molecule has 0 radical (unpaired) electrons. The van der Waals surface area contributed by atoms with Gasteiger partial charge in [-0.25, -0.2) is 4.98 Å². The van der Waals surface area contributed by atoms with Gasteiger partial charge in [0.2, 0.25) is 5.91 Å². The van der Waals surface area contributed by atoms with E-state index in [9.17, 15) is 9.59 Å². The summed E-state index contributed by atoms with van der Waals surface area (Å²) in [5.41, 5.74) is 6.51. The van der Waals surface area contributed by atoms with Crippen molar-refractivity contribution in [2.75, 3.05) is 12.4 Å².